The Kier molecular flexibility index (Phi) is 6.57. The van der Waals surface area contributed by atoms with Crippen molar-refractivity contribution >= 4 is 51.8 Å². The second-order valence-corrected chi connectivity index (χ2v) is 12.7. The Morgan fingerprint density at radius 1 is 1.10 bits per heavy atom. The molecule has 42 heavy (non-hydrogen) atoms. The minimum Gasteiger partial charge on any atom is -0.478 e. The fourth-order valence-corrected chi connectivity index (χ4v) is 7.69. The van der Waals surface area contributed by atoms with Gasteiger partial charge in [-0.3, -0.25) is 9.69 Å². The van der Waals surface area contributed by atoms with Crippen LogP contribution in [0.3, 0.4) is 0 Å². The Labute approximate surface area is 252 Å². The molecular formula is C32H29Cl2FN4O3. The summed E-state index contributed by atoms with van der Waals surface area (Å²) in [6.07, 6.45) is 2.82. The van der Waals surface area contributed by atoms with Crippen molar-refractivity contribution in [1.82, 2.24) is 14.5 Å². The molecule has 0 unspecified atom stereocenters. The Balaban J connectivity index is 1.45. The van der Waals surface area contributed by atoms with Gasteiger partial charge in [-0.15, -0.1) is 0 Å². The quantitative estimate of drug-likeness (QED) is 0.248. The SMILES string of the molecule is C[C@]1(C(=O)Nc2cccc(Cl)c2)[C@@H](c2cccc(Cl)c2F)[C@@H]2c3nc4cccc(C(=O)O)c4n3CC[C@@H]2N1CC1CC1. The number of amides is 1. The van der Waals surface area contributed by atoms with Crippen molar-refractivity contribution < 1.29 is 19.1 Å². The average molecular weight is 608 g/mol. The summed E-state index contributed by atoms with van der Waals surface area (Å²) in [7, 11) is 0. The van der Waals surface area contributed by atoms with Crippen LogP contribution >= 0.6 is 23.2 Å². The molecule has 1 aromatic heterocycles. The van der Waals surface area contributed by atoms with Gasteiger partial charge in [0.1, 0.15) is 17.2 Å². The van der Waals surface area contributed by atoms with Gasteiger partial charge in [0, 0.05) is 41.7 Å². The number of para-hydroxylation sites is 1. The number of carbonyl (C=O) groups is 2. The molecule has 1 amide bonds. The number of hydrogen-bond donors (Lipinski definition) is 2. The number of benzene rings is 3. The van der Waals surface area contributed by atoms with Gasteiger partial charge < -0.3 is 15.0 Å². The van der Waals surface area contributed by atoms with E-state index < -0.39 is 29.2 Å². The van der Waals surface area contributed by atoms with Crippen molar-refractivity contribution in [2.75, 3.05) is 11.9 Å². The van der Waals surface area contributed by atoms with E-state index in [1.165, 1.54) is 6.07 Å². The standard InChI is InChI=1S/C32H29Cl2FN4O3/c1-32(31(42)36-19-6-2-5-18(33)15-19)26(20-7-3-9-22(34)27(20)35)25-24(39(32)16-17-11-12-17)13-14-38-28-21(30(40)41)8-4-10-23(28)37-29(25)38/h2-10,15,17,24-26H,11-14,16H2,1H3,(H,36,42)(H,40,41)/t24-,25+,26-,32+/m0/s1. The second kappa shape index (κ2) is 10.1. The van der Waals surface area contributed by atoms with E-state index >= 15 is 4.39 Å². The van der Waals surface area contributed by atoms with Crippen LogP contribution in [0.2, 0.25) is 10.0 Å². The summed E-state index contributed by atoms with van der Waals surface area (Å²) in [5.74, 6) is -1.80. The van der Waals surface area contributed by atoms with Gasteiger partial charge in [0.15, 0.2) is 0 Å². The number of carboxylic acid groups (broad SMARTS) is 1. The predicted octanol–water partition coefficient (Wildman–Crippen LogP) is 6.94. The molecule has 3 aliphatic rings. The minimum atomic E-state index is -1.19. The van der Waals surface area contributed by atoms with Crippen LogP contribution in [-0.2, 0) is 11.3 Å². The van der Waals surface area contributed by atoms with Crippen molar-refractivity contribution in [3.05, 3.63) is 93.5 Å². The van der Waals surface area contributed by atoms with E-state index in [-0.39, 0.29) is 22.5 Å². The van der Waals surface area contributed by atoms with Crippen LogP contribution in [-0.4, -0.2) is 49.6 Å². The number of aromatic carboxylic acids is 1. The van der Waals surface area contributed by atoms with E-state index in [0.29, 0.717) is 58.6 Å². The first-order valence-corrected chi connectivity index (χ1v) is 14.9. The second-order valence-electron chi connectivity index (χ2n) is 11.8. The molecule has 7 nitrogen and oxygen atoms in total. The number of rotatable bonds is 6. The van der Waals surface area contributed by atoms with E-state index in [1.54, 1.807) is 54.6 Å². The molecule has 1 saturated heterocycles. The summed E-state index contributed by atoms with van der Waals surface area (Å²) in [5, 5.41) is 13.5. The van der Waals surface area contributed by atoms with E-state index in [2.05, 4.69) is 10.2 Å². The summed E-state index contributed by atoms with van der Waals surface area (Å²) in [5.41, 5.74) is 1.01. The first-order chi connectivity index (χ1) is 20.2. The molecule has 2 N–H and O–H groups in total. The fourth-order valence-electron chi connectivity index (χ4n) is 7.32. The zero-order chi connectivity index (χ0) is 29.3. The molecule has 2 aliphatic heterocycles. The number of fused-ring (bicyclic) bond motifs is 5. The van der Waals surface area contributed by atoms with Gasteiger partial charge in [-0.2, -0.15) is 0 Å². The number of carbonyl (C=O) groups excluding carboxylic acids is 1. The first-order valence-electron chi connectivity index (χ1n) is 14.2. The molecule has 1 aliphatic carbocycles. The minimum absolute atomic E-state index is 0.0141. The maximum atomic E-state index is 16.0. The highest BCUT2D eigenvalue weighted by atomic mass is 35.5. The summed E-state index contributed by atoms with van der Waals surface area (Å²) in [4.78, 5) is 34.0. The summed E-state index contributed by atoms with van der Waals surface area (Å²) < 4.78 is 18.0. The molecule has 0 radical (unpaired) electrons. The molecule has 4 atom stereocenters. The highest BCUT2D eigenvalue weighted by molar-refractivity contribution is 6.31. The van der Waals surface area contributed by atoms with Crippen LogP contribution < -0.4 is 5.32 Å². The maximum Gasteiger partial charge on any atom is 0.337 e. The Morgan fingerprint density at radius 3 is 2.60 bits per heavy atom. The van der Waals surface area contributed by atoms with Crippen LogP contribution in [0.4, 0.5) is 10.1 Å². The Bertz CT molecular complexity index is 1760. The third-order valence-electron chi connectivity index (χ3n) is 9.36. The zero-order valence-corrected chi connectivity index (χ0v) is 24.4. The lowest BCUT2D eigenvalue weighted by atomic mass is 9.73. The lowest BCUT2D eigenvalue weighted by Crippen LogP contribution is -2.56. The molecule has 0 bridgehead atoms. The number of nitrogens with one attached hydrogen (secondary N) is 1. The summed E-state index contributed by atoms with van der Waals surface area (Å²) in [6.45, 7) is 3.13. The predicted molar refractivity (Wildman–Crippen MR) is 160 cm³/mol. The molecule has 0 spiro atoms. The van der Waals surface area contributed by atoms with Crippen LogP contribution in [0, 0.1) is 11.7 Å². The molecular weight excluding hydrogens is 578 g/mol. The smallest absolute Gasteiger partial charge is 0.337 e. The van der Waals surface area contributed by atoms with Crippen molar-refractivity contribution in [1.29, 1.82) is 0 Å². The van der Waals surface area contributed by atoms with Gasteiger partial charge in [0.05, 0.1) is 21.6 Å². The lowest BCUT2D eigenvalue weighted by Gasteiger charge is -2.40. The number of imidazole rings is 1. The molecule has 7 rings (SSSR count). The molecule has 1 saturated carbocycles. The van der Waals surface area contributed by atoms with Crippen molar-refractivity contribution in [3.8, 4) is 0 Å². The van der Waals surface area contributed by atoms with E-state index in [9.17, 15) is 14.7 Å². The highest BCUT2D eigenvalue weighted by Crippen LogP contribution is 2.58. The third-order valence-corrected chi connectivity index (χ3v) is 9.89. The summed E-state index contributed by atoms with van der Waals surface area (Å²) in [6, 6.07) is 16.9. The monoisotopic (exact) mass is 606 g/mol. The van der Waals surface area contributed by atoms with Gasteiger partial charge in [-0.25, -0.2) is 14.2 Å². The van der Waals surface area contributed by atoms with Crippen LogP contribution in [0.15, 0.2) is 60.7 Å². The molecule has 2 fully saturated rings. The van der Waals surface area contributed by atoms with Gasteiger partial charge >= 0.3 is 5.97 Å². The number of carboxylic acids is 1. The van der Waals surface area contributed by atoms with Crippen LogP contribution in [0.5, 0.6) is 0 Å². The number of likely N-dealkylation sites (tertiary alicyclic amines) is 1. The van der Waals surface area contributed by atoms with E-state index in [4.69, 9.17) is 28.2 Å². The molecule has 4 aromatic rings. The number of halogens is 3. The van der Waals surface area contributed by atoms with Crippen LogP contribution in [0.25, 0.3) is 11.0 Å². The van der Waals surface area contributed by atoms with Crippen molar-refractivity contribution in [2.24, 2.45) is 5.92 Å². The largest absolute Gasteiger partial charge is 0.478 e. The molecule has 3 aromatic carbocycles. The number of aryl methyl sites for hydroxylation is 1. The Morgan fingerprint density at radius 2 is 1.86 bits per heavy atom. The van der Waals surface area contributed by atoms with Gasteiger partial charge in [0.2, 0.25) is 5.91 Å². The van der Waals surface area contributed by atoms with Crippen molar-refractivity contribution in [3.63, 3.8) is 0 Å². The third kappa shape index (κ3) is 4.22. The molecule has 3 heterocycles. The molecule has 216 valence electrons. The lowest BCUT2D eigenvalue weighted by molar-refractivity contribution is -0.127. The van der Waals surface area contributed by atoms with Crippen molar-refractivity contribution in [2.45, 2.75) is 56.1 Å². The number of aromatic nitrogens is 2. The average Bonchev–Trinajstić information content (AvgIpc) is 3.65. The van der Waals surface area contributed by atoms with Gasteiger partial charge in [-0.1, -0.05) is 47.5 Å². The highest BCUT2D eigenvalue weighted by Gasteiger charge is 2.63. The number of anilines is 1. The summed E-state index contributed by atoms with van der Waals surface area (Å²) >= 11 is 12.6. The van der Waals surface area contributed by atoms with Crippen LogP contribution in [0.1, 0.15) is 59.8 Å². The van der Waals surface area contributed by atoms with E-state index in [1.807, 2.05) is 11.5 Å². The topological polar surface area (TPSA) is 87.5 Å². The number of nitrogens with zero attached hydrogens (tertiary/aromatic N) is 3. The van der Waals surface area contributed by atoms with Gasteiger partial charge in [-0.05, 0) is 74.1 Å². The zero-order valence-electron chi connectivity index (χ0n) is 22.9. The molecule has 10 heteroatoms. The van der Waals surface area contributed by atoms with Gasteiger partial charge in [0.25, 0.3) is 0 Å². The first kappa shape index (κ1) is 27.4. The normalized spacial score (nSPS) is 25.3. The Hall–Kier alpha value is -3.46. The number of hydrogen-bond acceptors (Lipinski definition) is 4. The maximum absolute atomic E-state index is 16.0. The van der Waals surface area contributed by atoms with E-state index in [0.717, 1.165) is 12.8 Å². The fraction of sp³-hybridized carbons (Fsp3) is 0.344.